The van der Waals surface area contributed by atoms with Crippen LogP contribution in [0.1, 0.15) is 22.3 Å². The van der Waals surface area contributed by atoms with E-state index < -0.39 is 0 Å². The van der Waals surface area contributed by atoms with E-state index in [4.69, 9.17) is 10.00 Å². The Morgan fingerprint density at radius 3 is 2.35 bits per heavy atom. The average Bonchev–Trinajstić information content (AvgIpc) is 2.66. The maximum atomic E-state index is 12.4. The molecule has 0 unspecified atom stereocenters. The van der Waals surface area contributed by atoms with Crippen LogP contribution >= 0.6 is 15.9 Å². The second-order valence-corrected chi connectivity index (χ2v) is 6.73. The summed E-state index contributed by atoms with van der Waals surface area (Å²) < 4.78 is 6.60. The first-order valence-corrected chi connectivity index (χ1v) is 9.13. The maximum absolute atomic E-state index is 12.4. The standard InChI is InChI=1S/C21H21BrN2O2/c1-24(15-4-13-23)14-2-3-16-26-20-11-7-18(8-12-20)21(25)17-5-9-19(22)10-6-17/h2-3,5-12H,4,14-16H2,1H3. The van der Waals surface area contributed by atoms with Crippen LogP contribution in [-0.4, -0.2) is 37.4 Å². The molecule has 0 aliphatic heterocycles. The number of benzene rings is 2. The molecule has 0 spiro atoms. The summed E-state index contributed by atoms with van der Waals surface area (Å²) in [6.45, 7) is 2.01. The van der Waals surface area contributed by atoms with Crippen molar-refractivity contribution >= 4 is 21.7 Å². The van der Waals surface area contributed by atoms with Gasteiger partial charge in [-0.05, 0) is 55.6 Å². The van der Waals surface area contributed by atoms with Gasteiger partial charge in [0.15, 0.2) is 5.78 Å². The minimum atomic E-state index is -0.00986. The van der Waals surface area contributed by atoms with Gasteiger partial charge in [-0.3, -0.25) is 4.79 Å². The summed E-state index contributed by atoms with van der Waals surface area (Å²) in [7, 11) is 1.98. The molecule has 5 heteroatoms. The molecule has 134 valence electrons. The Bertz CT molecular complexity index is 777. The van der Waals surface area contributed by atoms with E-state index in [1.807, 2.05) is 31.3 Å². The van der Waals surface area contributed by atoms with Crippen LogP contribution in [0.5, 0.6) is 5.75 Å². The molecule has 0 heterocycles. The molecule has 4 nitrogen and oxygen atoms in total. The number of ketones is 1. The maximum Gasteiger partial charge on any atom is 0.193 e. The van der Waals surface area contributed by atoms with Gasteiger partial charge in [-0.15, -0.1) is 0 Å². The van der Waals surface area contributed by atoms with Gasteiger partial charge in [0.1, 0.15) is 12.4 Å². The highest BCUT2D eigenvalue weighted by molar-refractivity contribution is 9.10. The van der Waals surface area contributed by atoms with Crippen LogP contribution in [0.3, 0.4) is 0 Å². The Balaban J connectivity index is 1.81. The van der Waals surface area contributed by atoms with Gasteiger partial charge in [-0.25, -0.2) is 0 Å². The molecule has 0 saturated carbocycles. The molecule has 0 fully saturated rings. The monoisotopic (exact) mass is 412 g/mol. The first-order valence-electron chi connectivity index (χ1n) is 8.34. The van der Waals surface area contributed by atoms with Crippen LogP contribution in [0.2, 0.25) is 0 Å². The third-order valence-corrected chi connectivity index (χ3v) is 4.29. The van der Waals surface area contributed by atoms with Crippen molar-refractivity contribution in [3.05, 3.63) is 76.3 Å². The lowest BCUT2D eigenvalue weighted by atomic mass is 10.0. The molecule has 0 aliphatic rings. The van der Waals surface area contributed by atoms with Crippen molar-refractivity contribution in [3.8, 4) is 11.8 Å². The minimum absolute atomic E-state index is 0.00986. The van der Waals surface area contributed by atoms with Crippen LogP contribution in [-0.2, 0) is 0 Å². The summed E-state index contributed by atoms with van der Waals surface area (Å²) in [6, 6.07) is 16.6. The number of nitrogens with zero attached hydrogens (tertiary/aromatic N) is 2. The first-order chi connectivity index (χ1) is 12.6. The Morgan fingerprint density at radius 1 is 1.12 bits per heavy atom. The molecule has 0 aliphatic carbocycles. The van der Waals surface area contributed by atoms with Crippen LogP contribution in [0.15, 0.2) is 65.2 Å². The van der Waals surface area contributed by atoms with E-state index in [0.29, 0.717) is 24.2 Å². The predicted molar refractivity (Wildman–Crippen MR) is 106 cm³/mol. The number of carbonyl (C=O) groups excluding carboxylic acids is 1. The molecule has 0 bridgehead atoms. The van der Waals surface area contributed by atoms with Gasteiger partial charge < -0.3 is 9.64 Å². The number of likely N-dealkylation sites (N-methyl/N-ethyl adjacent to an activating group) is 1. The van der Waals surface area contributed by atoms with Gasteiger partial charge in [-0.2, -0.15) is 5.26 Å². The highest BCUT2D eigenvalue weighted by Crippen LogP contribution is 2.17. The molecule has 0 radical (unpaired) electrons. The van der Waals surface area contributed by atoms with Gasteiger partial charge in [0.2, 0.25) is 0 Å². The lowest BCUT2D eigenvalue weighted by Crippen LogP contribution is -2.19. The van der Waals surface area contributed by atoms with E-state index in [2.05, 4.69) is 26.9 Å². The number of rotatable bonds is 9. The van der Waals surface area contributed by atoms with Crippen LogP contribution in [0.25, 0.3) is 0 Å². The van der Waals surface area contributed by atoms with E-state index in [0.717, 1.165) is 23.3 Å². The van der Waals surface area contributed by atoms with Crippen LogP contribution in [0, 0.1) is 11.3 Å². The predicted octanol–water partition coefficient (Wildman–Crippen LogP) is 4.46. The highest BCUT2D eigenvalue weighted by atomic mass is 79.9. The molecular formula is C21H21BrN2O2. The summed E-state index contributed by atoms with van der Waals surface area (Å²) in [5, 5.41) is 8.54. The molecule has 0 saturated heterocycles. The zero-order valence-electron chi connectivity index (χ0n) is 14.7. The molecule has 0 amide bonds. The molecular weight excluding hydrogens is 392 g/mol. The third kappa shape index (κ3) is 6.47. The largest absolute Gasteiger partial charge is 0.490 e. The van der Waals surface area contributed by atoms with Gasteiger partial charge in [0, 0.05) is 35.1 Å². The smallest absolute Gasteiger partial charge is 0.193 e. The third-order valence-electron chi connectivity index (χ3n) is 3.76. The molecule has 26 heavy (non-hydrogen) atoms. The Kier molecular flexibility index (Phi) is 8.07. The SMILES string of the molecule is CN(CC=CCOc1ccc(C(=O)c2ccc(Br)cc2)cc1)CCC#N. The zero-order chi connectivity index (χ0) is 18.8. The molecule has 2 aromatic rings. The van der Waals surface area contributed by atoms with Crippen molar-refractivity contribution in [3.63, 3.8) is 0 Å². The second-order valence-electron chi connectivity index (χ2n) is 5.81. The highest BCUT2D eigenvalue weighted by Gasteiger charge is 2.08. The fourth-order valence-corrected chi connectivity index (χ4v) is 2.53. The molecule has 0 aromatic heterocycles. The van der Waals surface area contributed by atoms with Gasteiger partial charge in [0.25, 0.3) is 0 Å². The first kappa shape index (κ1) is 19.9. The average molecular weight is 413 g/mol. The Morgan fingerprint density at radius 2 is 1.73 bits per heavy atom. The molecule has 2 aromatic carbocycles. The van der Waals surface area contributed by atoms with Crippen molar-refractivity contribution in [1.82, 2.24) is 4.90 Å². The number of halogens is 1. The van der Waals surface area contributed by atoms with E-state index in [1.54, 1.807) is 36.4 Å². The van der Waals surface area contributed by atoms with E-state index in [-0.39, 0.29) is 5.78 Å². The normalized spacial score (nSPS) is 10.8. The number of hydrogen-bond acceptors (Lipinski definition) is 4. The summed E-state index contributed by atoms with van der Waals surface area (Å²) in [4.78, 5) is 14.5. The summed E-state index contributed by atoms with van der Waals surface area (Å²) in [6.07, 6.45) is 4.50. The summed E-state index contributed by atoms with van der Waals surface area (Å²) >= 11 is 3.37. The lowest BCUT2D eigenvalue weighted by molar-refractivity contribution is 0.103. The second kappa shape index (κ2) is 10.5. The van der Waals surface area contributed by atoms with Crippen molar-refractivity contribution in [2.45, 2.75) is 6.42 Å². The minimum Gasteiger partial charge on any atom is -0.490 e. The number of hydrogen-bond donors (Lipinski definition) is 0. The fourth-order valence-electron chi connectivity index (χ4n) is 2.27. The summed E-state index contributed by atoms with van der Waals surface area (Å²) in [5.74, 6) is 0.712. The van der Waals surface area contributed by atoms with E-state index in [1.165, 1.54) is 0 Å². The van der Waals surface area contributed by atoms with E-state index in [9.17, 15) is 4.79 Å². The lowest BCUT2D eigenvalue weighted by Gasteiger charge is -2.11. The Labute approximate surface area is 162 Å². The van der Waals surface area contributed by atoms with Crippen molar-refractivity contribution in [2.75, 3.05) is 26.7 Å². The molecule has 0 atom stereocenters. The quantitative estimate of drug-likeness (QED) is 0.450. The van der Waals surface area contributed by atoms with Crippen molar-refractivity contribution in [1.29, 1.82) is 5.26 Å². The number of nitriles is 1. The van der Waals surface area contributed by atoms with Crippen molar-refractivity contribution in [2.24, 2.45) is 0 Å². The van der Waals surface area contributed by atoms with Gasteiger partial charge >= 0.3 is 0 Å². The van der Waals surface area contributed by atoms with Gasteiger partial charge in [-0.1, -0.05) is 28.1 Å². The Hall–Kier alpha value is -2.42. The molecule has 2 rings (SSSR count). The number of carbonyl (C=O) groups is 1. The van der Waals surface area contributed by atoms with E-state index >= 15 is 0 Å². The zero-order valence-corrected chi connectivity index (χ0v) is 16.3. The topological polar surface area (TPSA) is 53.3 Å². The van der Waals surface area contributed by atoms with Crippen LogP contribution in [0.4, 0.5) is 0 Å². The van der Waals surface area contributed by atoms with Gasteiger partial charge in [0.05, 0.1) is 6.07 Å². The number of ether oxygens (including phenoxy) is 1. The molecule has 0 N–H and O–H groups in total. The summed E-state index contributed by atoms with van der Waals surface area (Å²) in [5.41, 5.74) is 1.29. The fraction of sp³-hybridized carbons (Fsp3) is 0.238. The van der Waals surface area contributed by atoms with Crippen LogP contribution < -0.4 is 4.74 Å². The van der Waals surface area contributed by atoms with Crippen molar-refractivity contribution < 1.29 is 9.53 Å².